The molecule has 6 heteroatoms. The van der Waals surface area contributed by atoms with E-state index in [4.69, 9.17) is 9.47 Å². The summed E-state index contributed by atoms with van der Waals surface area (Å²) < 4.78 is 11.8. The van der Waals surface area contributed by atoms with E-state index in [1.807, 2.05) is 12.1 Å². The van der Waals surface area contributed by atoms with Crippen molar-refractivity contribution in [1.29, 1.82) is 0 Å². The largest absolute Gasteiger partial charge is 0.504 e. The Morgan fingerprint density at radius 2 is 2.17 bits per heavy atom. The zero-order valence-electron chi connectivity index (χ0n) is 13.7. The molecule has 1 aromatic rings. The Labute approximate surface area is 154 Å². The minimum absolute atomic E-state index is 0.0134. The molecule has 128 valence electrons. The first-order chi connectivity index (χ1) is 11.5. The number of rotatable bonds is 2. The van der Waals surface area contributed by atoms with Crippen LogP contribution in [0.2, 0.25) is 0 Å². The molecule has 0 radical (unpaired) electrons. The summed E-state index contributed by atoms with van der Waals surface area (Å²) in [6, 6.07) is 2.13. The van der Waals surface area contributed by atoms with Crippen molar-refractivity contribution in [2.45, 2.75) is 30.7 Å². The molecule has 1 heterocycles. The quantitative estimate of drug-likeness (QED) is 0.690. The van der Waals surface area contributed by atoms with Gasteiger partial charge in [-0.1, -0.05) is 0 Å². The highest BCUT2D eigenvalue weighted by molar-refractivity contribution is 14.1. The van der Waals surface area contributed by atoms with Gasteiger partial charge in [-0.25, -0.2) is 0 Å². The number of carbonyl (C=O) groups excluding carboxylic acids is 1. The number of ketones is 1. The van der Waals surface area contributed by atoms with Crippen molar-refractivity contribution in [3.63, 3.8) is 0 Å². The zero-order chi connectivity index (χ0) is 17.1. The van der Waals surface area contributed by atoms with E-state index in [0.717, 1.165) is 34.1 Å². The van der Waals surface area contributed by atoms with Crippen molar-refractivity contribution in [2.75, 3.05) is 20.8 Å². The van der Waals surface area contributed by atoms with Crippen molar-refractivity contribution in [3.8, 4) is 11.5 Å². The number of nitrogens with one attached hydrogen (secondary N) is 1. The van der Waals surface area contributed by atoms with Crippen molar-refractivity contribution in [1.82, 2.24) is 5.32 Å². The second kappa shape index (κ2) is 5.62. The number of benzene rings is 1. The van der Waals surface area contributed by atoms with Crippen LogP contribution in [0.4, 0.5) is 0 Å². The summed E-state index contributed by atoms with van der Waals surface area (Å²) in [5.41, 5.74) is 1.68. The first-order valence-electron chi connectivity index (χ1n) is 8.13. The number of hydrogen-bond donors (Lipinski definition) is 2. The van der Waals surface area contributed by atoms with E-state index in [-0.39, 0.29) is 28.9 Å². The lowest BCUT2D eigenvalue weighted by Gasteiger charge is -2.54. The van der Waals surface area contributed by atoms with Crippen LogP contribution in [0, 0.1) is 9.49 Å². The van der Waals surface area contributed by atoms with E-state index in [1.54, 1.807) is 14.2 Å². The molecule has 1 saturated heterocycles. The van der Waals surface area contributed by atoms with Gasteiger partial charge in [0, 0.05) is 32.9 Å². The highest BCUT2D eigenvalue weighted by atomic mass is 127. The highest BCUT2D eigenvalue weighted by Crippen LogP contribution is 2.57. The van der Waals surface area contributed by atoms with Crippen LogP contribution in [-0.2, 0) is 21.4 Å². The Hall–Kier alpha value is -1.28. The number of carbonyl (C=O) groups is 1. The third kappa shape index (κ3) is 2.05. The van der Waals surface area contributed by atoms with Gasteiger partial charge in [0.25, 0.3) is 0 Å². The van der Waals surface area contributed by atoms with E-state index in [0.29, 0.717) is 17.9 Å². The maximum atomic E-state index is 12.6. The Kier molecular flexibility index (Phi) is 3.80. The lowest BCUT2D eigenvalue weighted by Crippen LogP contribution is -2.60. The van der Waals surface area contributed by atoms with Crippen molar-refractivity contribution in [3.05, 3.63) is 32.6 Å². The van der Waals surface area contributed by atoms with Gasteiger partial charge in [-0.3, -0.25) is 4.79 Å². The minimum atomic E-state index is -0.374. The van der Waals surface area contributed by atoms with E-state index in [2.05, 4.69) is 27.9 Å². The number of fused-ring (bicyclic) bond motifs is 1. The summed E-state index contributed by atoms with van der Waals surface area (Å²) in [7, 11) is 3.11. The van der Waals surface area contributed by atoms with Crippen LogP contribution in [0.15, 0.2) is 17.9 Å². The lowest BCUT2D eigenvalue weighted by molar-refractivity contribution is -0.122. The SMILES string of the molecule is COC1=CC2[C@@H]3Cc4c(I)cc(OC)c(O)c4[C@]2(CCN3)CC1=O. The predicted octanol–water partition coefficient (Wildman–Crippen LogP) is 2.28. The van der Waals surface area contributed by atoms with Crippen LogP contribution in [0.3, 0.4) is 0 Å². The van der Waals surface area contributed by atoms with E-state index >= 15 is 0 Å². The smallest absolute Gasteiger partial charge is 0.197 e. The molecule has 4 rings (SSSR count). The van der Waals surface area contributed by atoms with Gasteiger partial charge >= 0.3 is 0 Å². The molecule has 2 aliphatic carbocycles. The Balaban J connectivity index is 2.00. The number of halogens is 1. The second-order valence-electron chi connectivity index (χ2n) is 6.79. The Morgan fingerprint density at radius 3 is 2.88 bits per heavy atom. The molecule has 3 atom stereocenters. The molecule has 1 aromatic carbocycles. The molecule has 5 nitrogen and oxygen atoms in total. The van der Waals surface area contributed by atoms with Crippen LogP contribution in [-0.4, -0.2) is 37.7 Å². The van der Waals surface area contributed by atoms with Crippen LogP contribution < -0.4 is 10.1 Å². The molecule has 0 amide bonds. The van der Waals surface area contributed by atoms with Gasteiger partial charge in [-0.15, -0.1) is 0 Å². The van der Waals surface area contributed by atoms with E-state index in [9.17, 15) is 9.90 Å². The lowest BCUT2D eigenvalue weighted by atomic mass is 9.54. The van der Waals surface area contributed by atoms with Gasteiger partial charge in [-0.05, 0) is 59.7 Å². The fraction of sp³-hybridized carbons (Fsp3) is 0.500. The third-order valence-electron chi connectivity index (χ3n) is 5.81. The first-order valence-corrected chi connectivity index (χ1v) is 9.21. The molecule has 2 bridgehead atoms. The van der Waals surface area contributed by atoms with E-state index in [1.165, 1.54) is 0 Å². The molecule has 0 saturated carbocycles. The van der Waals surface area contributed by atoms with Gasteiger partial charge in [0.15, 0.2) is 23.0 Å². The van der Waals surface area contributed by atoms with Gasteiger partial charge in [-0.2, -0.15) is 0 Å². The number of allylic oxidation sites excluding steroid dienone is 1. The standard InChI is InChI=1S/C18H20INO4/c1-23-14-6-10-12-5-9-11(19)7-15(24-2)17(22)16(9)18(10,3-4-20-12)8-13(14)21/h6-7,10,12,20,22H,3-5,8H2,1-2H3/t10?,12-,18+/m0/s1. The minimum Gasteiger partial charge on any atom is -0.504 e. The topological polar surface area (TPSA) is 67.8 Å². The maximum Gasteiger partial charge on any atom is 0.197 e. The second-order valence-corrected chi connectivity index (χ2v) is 7.96. The number of piperidine rings is 1. The summed E-state index contributed by atoms with van der Waals surface area (Å²) in [5.74, 6) is 1.28. The van der Waals surface area contributed by atoms with Gasteiger partial charge in [0.2, 0.25) is 0 Å². The summed E-state index contributed by atoms with van der Waals surface area (Å²) in [6.45, 7) is 0.845. The molecular formula is C18H20INO4. The molecule has 0 aromatic heterocycles. The average molecular weight is 441 g/mol. The summed E-state index contributed by atoms with van der Waals surface area (Å²) in [6.07, 6.45) is 3.99. The van der Waals surface area contributed by atoms with Crippen LogP contribution in [0.25, 0.3) is 0 Å². The molecule has 0 spiro atoms. The fourth-order valence-electron chi connectivity index (χ4n) is 4.80. The molecule has 1 aliphatic heterocycles. The van der Waals surface area contributed by atoms with Gasteiger partial charge in [0.1, 0.15) is 0 Å². The van der Waals surface area contributed by atoms with Crippen LogP contribution >= 0.6 is 22.6 Å². The number of ether oxygens (including phenoxy) is 2. The Morgan fingerprint density at radius 1 is 1.38 bits per heavy atom. The van der Waals surface area contributed by atoms with Crippen LogP contribution in [0.5, 0.6) is 11.5 Å². The third-order valence-corrected chi connectivity index (χ3v) is 6.77. The molecular weight excluding hydrogens is 421 g/mol. The summed E-state index contributed by atoms with van der Waals surface area (Å²) in [4.78, 5) is 12.6. The van der Waals surface area contributed by atoms with Gasteiger partial charge in [0.05, 0.1) is 14.2 Å². The number of phenolic OH excluding ortho intramolecular Hbond substituents is 1. The van der Waals surface area contributed by atoms with Crippen molar-refractivity contribution >= 4 is 28.4 Å². The molecule has 24 heavy (non-hydrogen) atoms. The molecule has 3 aliphatic rings. The van der Waals surface area contributed by atoms with Crippen molar-refractivity contribution < 1.29 is 19.4 Å². The van der Waals surface area contributed by atoms with Crippen molar-refractivity contribution in [2.24, 2.45) is 5.92 Å². The Bertz CT molecular complexity index is 760. The molecule has 1 fully saturated rings. The normalized spacial score (nSPS) is 31.0. The predicted molar refractivity (Wildman–Crippen MR) is 97.4 cm³/mol. The number of aromatic hydroxyl groups is 1. The summed E-state index contributed by atoms with van der Waals surface area (Å²) >= 11 is 2.30. The number of phenols is 1. The maximum absolute atomic E-state index is 12.6. The number of methoxy groups -OCH3 is 2. The highest BCUT2D eigenvalue weighted by Gasteiger charge is 2.55. The monoisotopic (exact) mass is 441 g/mol. The molecule has 1 unspecified atom stereocenters. The van der Waals surface area contributed by atoms with Gasteiger partial charge < -0.3 is 19.9 Å². The summed E-state index contributed by atoms with van der Waals surface area (Å²) in [5, 5.41) is 14.5. The number of Topliss-reactive ketones (excluding diaryl/α,β-unsaturated/α-hetero) is 1. The van der Waals surface area contributed by atoms with E-state index < -0.39 is 0 Å². The average Bonchev–Trinajstić information content (AvgIpc) is 2.56. The fourth-order valence-corrected chi connectivity index (χ4v) is 5.57. The number of hydrogen-bond acceptors (Lipinski definition) is 5. The first kappa shape index (κ1) is 16.2. The molecule has 2 N–H and O–H groups in total. The van der Waals surface area contributed by atoms with Crippen LogP contribution in [0.1, 0.15) is 24.0 Å². The zero-order valence-corrected chi connectivity index (χ0v) is 15.8.